The van der Waals surface area contributed by atoms with Gasteiger partial charge in [-0.1, -0.05) is 75.4 Å². The first kappa shape index (κ1) is 17.0. The average molecular weight is 307 g/mol. The van der Waals surface area contributed by atoms with Gasteiger partial charge in [0.15, 0.2) is 0 Å². The molecule has 2 aromatic carbocycles. The van der Waals surface area contributed by atoms with E-state index in [0.29, 0.717) is 13.0 Å². The average Bonchev–Trinajstić information content (AvgIpc) is 2.52. The summed E-state index contributed by atoms with van der Waals surface area (Å²) in [6.07, 6.45) is 2.18. The van der Waals surface area contributed by atoms with Gasteiger partial charge in [0.2, 0.25) is 5.91 Å². The Morgan fingerprint density at radius 1 is 1.04 bits per heavy atom. The smallest absolute Gasteiger partial charge is 0.231 e. The molecule has 1 amide bonds. The summed E-state index contributed by atoms with van der Waals surface area (Å²) in [6, 6.07) is 18.0. The summed E-state index contributed by atoms with van der Waals surface area (Å²) in [4.78, 5) is 14.7. The molecular weight excluding hydrogens is 282 g/mol. The Morgan fingerprint density at radius 2 is 1.65 bits per heavy atom. The second kappa shape index (κ2) is 7.28. The number of nitrogens with zero attached hydrogens (tertiary/aromatic N) is 1. The summed E-state index contributed by atoms with van der Waals surface area (Å²) >= 11 is 0. The van der Waals surface area contributed by atoms with Crippen LogP contribution < -0.4 is 4.90 Å². The monoisotopic (exact) mass is 307 g/mol. The van der Waals surface area contributed by atoms with Crippen LogP contribution in [0, 0.1) is 0 Å². The summed E-state index contributed by atoms with van der Waals surface area (Å²) in [5.41, 5.74) is 3.15. The molecule has 0 aliphatic rings. The minimum Gasteiger partial charge on any atom is -0.308 e. The van der Waals surface area contributed by atoms with Crippen LogP contribution in [0.5, 0.6) is 0 Å². The zero-order valence-electron chi connectivity index (χ0n) is 14.3. The molecule has 0 unspecified atom stereocenters. The number of carbonyl (C=O) groups is 1. The molecule has 2 heteroatoms. The largest absolute Gasteiger partial charge is 0.308 e. The standard InChI is InChI=1S/C21H25NO/c1-5-15-22(20(23)16-17-11-7-6-8-12-17)19-14-10-9-13-18(19)21(2,3)4/h5-14H,1,15-16H2,2-4H3. The van der Waals surface area contributed by atoms with Gasteiger partial charge in [-0.15, -0.1) is 6.58 Å². The second-order valence-corrected chi connectivity index (χ2v) is 6.72. The summed E-state index contributed by atoms with van der Waals surface area (Å²) in [5, 5.41) is 0. The molecule has 0 spiro atoms. The molecular formula is C21H25NO. The van der Waals surface area contributed by atoms with E-state index in [0.717, 1.165) is 11.3 Å². The van der Waals surface area contributed by atoms with E-state index in [-0.39, 0.29) is 11.3 Å². The number of hydrogen-bond donors (Lipinski definition) is 0. The van der Waals surface area contributed by atoms with Crippen molar-refractivity contribution in [3.63, 3.8) is 0 Å². The van der Waals surface area contributed by atoms with E-state index < -0.39 is 0 Å². The highest BCUT2D eigenvalue weighted by atomic mass is 16.2. The van der Waals surface area contributed by atoms with Crippen LogP contribution in [0.4, 0.5) is 5.69 Å². The Balaban J connectivity index is 2.35. The molecule has 2 rings (SSSR count). The van der Waals surface area contributed by atoms with Gasteiger partial charge in [0.25, 0.3) is 0 Å². The van der Waals surface area contributed by atoms with E-state index in [2.05, 4.69) is 33.4 Å². The van der Waals surface area contributed by atoms with Crippen LogP contribution in [0.1, 0.15) is 31.9 Å². The molecule has 2 nitrogen and oxygen atoms in total. The predicted octanol–water partition coefficient (Wildman–Crippen LogP) is 4.75. The van der Waals surface area contributed by atoms with Crippen LogP contribution in [0.3, 0.4) is 0 Å². The van der Waals surface area contributed by atoms with Gasteiger partial charge in [0, 0.05) is 12.2 Å². The quantitative estimate of drug-likeness (QED) is 0.730. The van der Waals surface area contributed by atoms with E-state index in [1.54, 1.807) is 6.08 Å². The molecule has 0 aliphatic heterocycles. The third-order valence-corrected chi connectivity index (χ3v) is 3.81. The molecule has 0 saturated heterocycles. The van der Waals surface area contributed by atoms with Gasteiger partial charge in [-0.05, 0) is 22.6 Å². The summed E-state index contributed by atoms with van der Waals surface area (Å²) in [6.45, 7) is 10.8. The third kappa shape index (κ3) is 4.32. The van der Waals surface area contributed by atoms with Crippen molar-refractivity contribution in [2.75, 3.05) is 11.4 Å². The van der Waals surface area contributed by atoms with Crippen molar-refractivity contribution in [2.24, 2.45) is 0 Å². The van der Waals surface area contributed by atoms with Crippen LogP contribution >= 0.6 is 0 Å². The van der Waals surface area contributed by atoms with Gasteiger partial charge in [-0.3, -0.25) is 4.79 Å². The lowest BCUT2D eigenvalue weighted by atomic mass is 9.85. The number of rotatable bonds is 5. The van der Waals surface area contributed by atoms with Gasteiger partial charge in [0.05, 0.1) is 6.42 Å². The van der Waals surface area contributed by atoms with E-state index in [1.165, 1.54) is 5.56 Å². The first-order chi connectivity index (χ1) is 10.9. The normalized spacial score (nSPS) is 11.1. The first-order valence-electron chi connectivity index (χ1n) is 7.98. The van der Waals surface area contributed by atoms with Crippen LogP contribution in [0.25, 0.3) is 0 Å². The van der Waals surface area contributed by atoms with Gasteiger partial charge < -0.3 is 4.90 Å². The SMILES string of the molecule is C=CCN(C(=O)Cc1ccccc1)c1ccccc1C(C)(C)C. The van der Waals surface area contributed by atoms with Crippen LogP contribution in [-0.2, 0) is 16.6 Å². The molecule has 0 heterocycles. The lowest BCUT2D eigenvalue weighted by Gasteiger charge is -2.29. The Kier molecular flexibility index (Phi) is 5.38. The number of hydrogen-bond acceptors (Lipinski definition) is 1. The molecule has 120 valence electrons. The molecule has 0 aliphatic carbocycles. The van der Waals surface area contributed by atoms with E-state index in [4.69, 9.17) is 0 Å². The highest BCUT2D eigenvalue weighted by Crippen LogP contribution is 2.32. The maximum Gasteiger partial charge on any atom is 0.231 e. The van der Waals surface area contributed by atoms with Gasteiger partial charge in [-0.2, -0.15) is 0 Å². The molecule has 0 bridgehead atoms. The maximum atomic E-state index is 12.9. The van der Waals surface area contributed by atoms with Crippen molar-refractivity contribution in [2.45, 2.75) is 32.6 Å². The fraction of sp³-hybridized carbons (Fsp3) is 0.286. The van der Waals surface area contributed by atoms with E-state index >= 15 is 0 Å². The first-order valence-corrected chi connectivity index (χ1v) is 7.98. The minimum atomic E-state index is -0.0248. The molecule has 0 fully saturated rings. The zero-order valence-corrected chi connectivity index (χ0v) is 14.3. The maximum absolute atomic E-state index is 12.9. The lowest BCUT2D eigenvalue weighted by Crippen LogP contribution is -2.34. The van der Waals surface area contributed by atoms with Crippen molar-refractivity contribution in [3.8, 4) is 0 Å². The van der Waals surface area contributed by atoms with Crippen molar-refractivity contribution >= 4 is 11.6 Å². The number of amides is 1. The van der Waals surface area contributed by atoms with Gasteiger partial charge >= 0.3 is 0 Å². The third-order valence-electron chi connectivity index (χ3n) is 3.81. The van der Waals surface area contributed by atoms with Crippen molar-refractivity contribution < 1.29 is 4.79 Å². The Labute approximate surface area is 139 Å². The van der Waals surface area contributed by atoms with Gasteiger partial charge in [-0.25, -0.2) is 0 Å². The topological polar surface area (TPSA) is 20.3 Å². The van der Waals surface area contributed by atoms with Gasteiger partial charge in [0.1, 0.15) is 0 Å². The Bertz CT molecular complexity index is 668. The Hall–Kier alpha value is -2.35. The fourth-order valence-electron chi connectivity index (χ4n) is 2.67. The summed E-state index contributed by atoms with van der Waals surface area (Å²) in [7, 11) is 0. The molecule has 0 radical (unpaired) electrons. The lowest BCUT2D eigenvalue weighted by molar-refractivity contribution is -0.117. The number of carbonyl (C=O) groups excluding carboxylic acids is 1. The van der Waals surface area contributed by atoms with Crippen molar-refractivity contribution in [3.05, 3.63) is 78.4 Å². The van der Waals surface area contributed by atoms with Crippen molar-refractivity contribution in [1.82, 2.24) is 0 Å². The number of benzene rings is 2. The van der Waals surface area contributed by atoms with E-state index in [1.807, 2.05) is 53.4 Å². The zero-order chi connectivity index (χ0) is 16.9. The molecule has 23 heavy (non-hydrogen) atoms. The number of para-hydroxylation sites is 1. The van der Waals surface area contributed by atoms with Crippen LogP contribution in [0.15, 0.2) is 67.3 Å². The highest BCUT2D eigenvalue weighted by molar-refractivity contribution is 5.96. The molecule has 2 aromatic rings. The molecule has 0 aromatic heterocycles. The predicted molar refractivity (Wildman–Crippen MR) is 97.8 cm³/mol. The highest BCUT2D eigenvalue weighted by Gasteiger charge is 2.23. The number of anilines is 1. The molecule has 0 N–H and O–H groups in total. The molecule has 0 atom stereocenters. The summed E-state index contributed by atoms with van der Waals surface area (Å²) in [5.74, 6) is 0.0906. The minimum absolute atomic E-state index is 0.0248. The Morgan fingerprint density at radius 3 is 2.26 bits per heavy atom. The van der Waals surface area contributed by atoms with Crippen LogP contribution in [-0.4, -0.2) is 12.5 Å². The molecule has 0 saturated carbocycles. The van der Waals surface area contributed by atoms with Crippen molar-refractivity contribution in [1.29, 1.82) is 0 Å². The van der Waals surface area contributed by atoms with Crippen LogP contribution in [0.2, 0.25) is 0 Å². The summed E-state index contributed by atoms with van der Waals surface area (Å²) < 4.78 is 0. The fourth-order valence-corrected chi connectivity index (χ4v) is 2.67. The van der Waals surface area contributed by atoms with E-state index in [9.17, 15) is 4.79 Å². The second-order valence-electron chi connectivity index (χ2n) is 6.72.